The van der Waals surface area contributed by atoms with Gasteiger partial charge in [0.2, 0.25) is 5.91 Å². The summed E-state index contributed by atoms with van der Waals surface area (Å²) in [6, 6.07) is 12.8. The van der Waals surface area contributed by atoms with Crippen LogP contribution in [-0.4, -0.2) is 38.6 Å². The van der Waals surface area contributed by atoms with Crippen molar-refractivity contribution in [2.75, 3.05) is 37.4 Å². The summed E-state index contributed by atoms with van der Waals surface area (Å²) in [7, 11) is 1.58. The molecule has 0 radical (unpaired) electrons. The van der Waals surface area contributed by atoms with E-state index in [1.54, 1.807) is 31.4 Å². The average Bonchev–Trinajstić information content (AvgIpc) is 2.63. The van der Waals surface area contributed by atoms with Gasteiger partial charge in [0.25, 0.3) is 5.91 Å². The lowest BCUT2D eigenvalue weighted by atomic mass is 10.1. The lowest BCUT2D eigenvalue weighted by Crippen LogP contribution is -2.27. The second-order valence-corrected chi connectivity index (χ2v) is 6.03. The van der Waals surface area contributed by atoms with Crippen LogP contribution in [0, 0.1) is 13.8 Å². The van der Waals surface area contributed by atoms with E-state index in [2.05, 4.69) is 16.0 Å². The molecule has 0 aromatic heterocycles. The van der Waals surface area contributed by atoms with Crippen LogP contribution in [0.15, 0.2) is 42.5 Å². The minimum absolute atomic E-state index is 0.146. The Morgan fingerprint density at radius 1 is 1.00 bits per heavy atom. The third-order valence-corrected chi connectivity index (χ3v) is 3.96. The van der Waals surface area contributed by atoms with Crippen molar-refractivity contribution in [1.29, 1.82) is 0 Å². The topological polar surface area (TPSA) is 79.5 Å². The highest BCUT2D eigenvalue weighted by Gasteiger charge is 2.08. The predicted molar refractivity (Wildman–Crippen MR) is 104 cm³/mol. The molecule has 0 fully saturated rings. The Bertz CT molecular complexity index is 775. The molecule has 2 aromatic rings. The van der Waals surface area contributed by atoms with Crippen LogP contribution in [0.2, 0.25) is 0 Å². The number of amides is 2. The molecular weight excluding hydrogens is 330 g/mol. The smallest absolute Gasteiger partial charge is 0.251 e. The molecule has 3 N–H and O–H groups in total. The molecule has 0 unspecified atom stereocenters. The Morgan fingerprint density at radius 2 is 1.81 bits per heavy atom. The molecule has 0 heterocycles. The molecule has 6 heteroatoms. The largest absolute Gasteiger partial charge is 0.383 e. The van der Waals surface area contributed by atoms with E-state index >= 15 is 0 Å². The molecule has 0 bridgehead atoms. The van der Waals surface area contributed by atoms with Gasteiger partial charge in [-0.2, -0.15) is 0 Å². The molecule has 138 valence electrons. The first-order valence-corrected chi connectivity index (χ1v) is 8.48. The number of rotatable bonds is 8. The maximum atomic E-state index is 12.1. The number of hydrogen-bond donors (Lipinski definition) is 3. The molecular formula is C20H25N3O3. The van der Waals surface area contributed by atoms with Crippen LogP contribution in [0.4, 0.5) is 11.4 Å². The van der Waals surface area contributed by atoms with E-state index in [9.17, 15) is 9.59 Å². The monoisotopic (exact) mass is 355 g/mol. The molecule has 0 atom stereocenters. The Morgan fingerprint density at radius 3 is 2.54 bits per heavy atom. The lowest BCUT2D eigenvalue weighted by molar-refractivity contribution is -0.114. The van der Waals surface area contributed by atoms with Crippen molar-refractivity contribution < 1.29 is 14.3 Å². The third-order valence-electron chi connectivity index (χ3n) is 3.96. The van der Waals surface area contributed by atoms with Crippen LogP contribution in [-0.2, 0) is 9.53 Å². The van der Waals surface area contributed by atoms with Gasteiger partial charge in [0.1, 0.15) is 0 Å². The van der Waals surface area contributed by atoms with Gasteiger partial charge in [0.15, 0.2) is 0 Å². The highest BCUT2D eigenvalue weighted by molar-refractivity contribution is 5.98. The van der Waals surface area contributed by atoms with E-state index < -0.39 is 0 Å². The number of carbonyl (C=O) groups is 2. The Balaban J connectivity index is 1.89. The normalized spacial score (nSPS) is 10.3. The zero-order valence-corrected chi connectivity index (χ0v) is 15.4. The van der Waals surface area contributed by atoms with E-state index in [0.717, 1.165) is 5.69 Å². The standard InChI is InChI=1S/C20H25N3O3/c1-14-7-8-17(11-15(14)2)22-13-19(24)23-18-6-4-5-16(12-18)20(25)21-9-10-26-3/h4-8,11-12,22H,9-10,13H2,1-3H3,(H,21,25)(H,23,24). The van der Waals surface area contributed by atoms with Crippen molar-refractivity contribution in [3.8, 4) is 0 Å². The number of carbonyl (C=O) groups excluding carboxylic acids is 2. The number of hydrogen-bond acceptors (Lipinski definition) is 4. The van der Waals surface area contributed by atoms with Crippen LogP contribution in [0.25, 0.3) is 0 Å². The van der Waals surface area contributed by atoms with E-state index in [0.29, 0.717) is 24.4 Å². The second kappa shape index (κ2) is 9.58. The third kappa shape index (κ3) is 5.89. The lowest BCUT2D eigenvalue weighted by Gasteiger charge is -2.10. The van der Waals surface area contributed by atoms with Gasteiger partial charge in [-0.1, -0.05) is 12.1 Å². The van der Waals surface area contributed by atoms with Gasteiger partial charge >= 0.3 is 0 Å². The van der Waals surface area contributed by atoms with Gasteiger partial charge in [-0.3, -0.25) is 9.59 Å². The fourth-order valence-corrected chi connectivity index (χ4v) is 2.35. The predicted octanol–water partition coefficient (Wildman–Crippen LogP) is 2.73. The molecule has 0 aliphatic heterocycles. The summed E-state index contributed by atoms with van der Waals surface area (Å²) in [4.78, 5) is 24.2. The summed E-state index contributed by atoms with van der Waals surface area (Å²) in [6.45, 7) is 5.11. The number of methoxy groups -OCH3 is 1. The Kier molecular flexibility index (Phi) is 7.17. The highest BCUT2D eigenvalue weighted by Crippen LogP contribution is 2.14. The summed E-state index contributed by atoms with van der Waals surface area (Å²) in [5.41, 5.74) is 4.34. The van der Waals surface area contributed by atoms with Crippen LogP contribution < -0.4 is 16.0 Å². The van der Waals surface area contributed by atoms with Gasteiger partial charge < -0.3 is 20.7 Å². The van der Waals surface area contributed by atoms with E-state index in [-0.39, 0.29) is 18.4 Å². The zero-order chi connectivity index (χ0) is 18.9. The van der Waals surface area contributed by atoms with Gasteiger partial charge in [-0.15, -0.1) is 0 Å². The van der Waals surface area contributed by atoms with Crippen molar-refractivity contribution in [2.45, 2.75) is 13.8 Å². The summed E-state index contributed by atoms with van der Waals surface area (Å²) in [6.07, 6.45) is 0. The average molecular weight is 355 g/mol. The first-order chi connectivity index (χ1) is 12.5. The fourth-order valence-electron chi connectivity index (χ4n) is 2.35. The van der Waals surface area contributed by atoms with Crippen molar-refractivity contribution in [3.63, 3.8) is 0 Å². The SMILES string of the molecule is COCCNC(=O)c1cccc(NC(=O)CNc2ccc(C)c(C)c2)c1. The van der Waals surface area contributed by atoms with Gasteiger partial charge in [0.05, 0.1) is 13.2 Å². The molecule has 26 heavy (non-hydrogen) atoms. The molecule has 0 aliphatic carbocycles. The van der Waals surface area contributed by atoms with Crippen molar-refractivity contribution in [1.82, 2.24) is 5.32 Å². The van der Waals surface area contributed by atoms with Gasteiger partial charge in [-0.25, -0.2) is 0 Å². The second-order valence-electron chi connectivity index (χ2n) is 6.03. The zero-order valence-electron chi connectivity index (χ0n) is 15.4. The molecule has 0 saturated heterocycles. The highest BCUT2D eigenvalue weighted by atomic mass is 16.5. The Hall–Kier alpha value is -2.86. The minimum Gasteiger partial charge on any atom is -0.383 e. The van der Waals surface area contributed by atoms with E-state index in [4.69, 9.17) is 4.74 Å². The van der Waals surface area contributed by atoms with Gasteiger partial charge in [0, 0.05) is 30.6 Å². The Labute approximate surface area is 153 Å². The number of benzene rings is 2. The molecule has 2 aromatic carbocycles. The summed E-state index contributed by atoms with van der Waals surface area (Å²) in [5.74, 6) is -0.383. The minimum atomic E-state index is -0.202. The molecule has 6 nitrogen and oxygen atoms in total. The van der Waals surface area contributed by atoms with Crippen LogP contribution in [0.3, 0.4) is 0 Å². The van der Waals surface area contributed by atoms with Crippen LogP contribution in [0.5, 0.6) is 0 Å². The quantitative estimate of drug-likeness (QED) is 0.636. The fraction of sp³-hybridized carbons (Fsp3) is 0.300. The first-order valence-electron chi connectivity index (χ1n) is 8.48. The molecule has 0 aliphatic rings. The van der Waals surface area contributed by atoms with Crippen molar-refractivity contribution in [3.05, 3.63) is 59.2 Å². The number of aryl methyl sites for hydroxylation is 2. The molecule has 2 rings (SSSR count). The van der Waals surface area contributed by atoms with Crippen molar-refractivity contribution >= 4 is 23.2 Å². The maximum Gasteiger partial charge on any atom is 0.251 e. The van der Waals surface area contributed by atoms with Crippen molar-refractivity contribution in [2.24, 2.45) is 0 Å². The number of ether oxygens (including phenoxy) is 1. The first kappa shape index (κ1) is 19.5. The molecule has 0 spiro atoms. The van der Waals surface area contributed by atoms with E-state index in [1.807, 2.05) is 32.0 Å². The maximum absolute atomic E-state index is 12.1. The van der Waals surface area contributed by atoms with Crippen LogP contribution in [0.1, 0.15) is 21.5 Å². The summed E-state index contributed by atoms with van der Waals surface area (Å²) < 4.78 is 4.90. The van der Waals surface area contributed by atoms with Crippen LogP contribution >= 0.6 is 0 Å². The number of nitrogens with one attached hydrogen (secondary N) is 3. The number of anilines is 2. The van der Waals surface area contributed by atoms with E-state index in [1.165, 1.54) is 11.1 Å². The van der Waals surface area contributed by atoms with Gasteiger partial charge in [-0.05, 0) is 55.3 Å². The summed E-state index contributed by atoms with van der Waals surface area (Å²) in [5, 5.41) is 8.64. The summed E-state index contributed by atoms with van der Waals surface area (Å²) >= 11 is 0. The molecule has 0 saturated carbocycles. The molecule has 2 amide bonds.